The van der Waals surface area contributed by atoms with Gasteiger partial charge in [0.15, 0.2) is 0 Å². The summed E-state index contributed by atoms with van der Waals surface area (Å²) in [7, 11) is 0. The van der Waals surface area contributed by atoms with Crippen molar-refractivity contribution in [3.05, 3.63) is 82.7 Å². The molecule has 1 aliphatic heterocycles. The third-order valence-electron chi connectivity index (χ3n) is 6.53. The van der Waals surface area contributed by atoms with Gasteiger partial charge in [-0.3, -0.25) is 0 Å². The van der Waals surface area contributed by atoms with Crippen molar-refractivity contribution in [2.45, 2.75) is 38.1 Å². The highest BCUT2D eigenvalue weighted by molar-refractivity contribution is 5.88. The average molecular weight is 402 g/mol. The van der Waals surface area contributed by atoms with E-state index in [2.05, 4.69) is 41.8 Å². The van der Waals surface area contributed by atoms with Crippen molar-refractivity contribution in [1.82, 2.24) is 10.6 Å². The number of benzene rings is 3. The van der Waals surface area contributed by atoms with Crippen LogP contribution in [0.3, 0.4) is 0 Å². The van der Waals surface area contributed by atoms with E-state index in [1.54, 1.807) is 12.1 Å². The first-order chi connectivity index (χ1) is 14.7. The van der Waals surface area contributed by atoms with Crippen LogP contribution in [0.1, 0.15) is 42.0 Å². The second-order valence-electron chi connectivity index (χ2n) is 8.21. The molecule has 0 aliphatic carbocycles. The fourth-order valence-electron chi connectivity index (χ4n) is 4.87. The van der Waals surface area contributed by atoms with E-state index < -0.39 is 0 Å². The molecule has 1 saturated heterocycles. The second kappa shape index (κ2) is 8.95. The van der Waals surface area contributed by atoms with Gasteiger partial charge in [0.05, 0.1) is 11.6 Å². The minimum Gasteiger partial charge on any atom is -0.317 e. The van der Waals surface area contributed by atoms with Gasteiger partial charge in [0, 0.05) is 18.5 Å². The lowest BCUT2D eigenvalue weighted by Crippen LogP contribution is -2.46. The van der Waals surface area contributed by atoms with Gasteiger partial charge in [0.25, 0.3) is 0 Å². The number of fused-ring (bicyclic) bond motifs is 1. The largest absolute Gasteiger partial charge is 0.317 e. The quantitative estimate of drug-likeness (QED) is 0.622. The summed E-state index contributed by atoms with van der Waals surface area (Å²) < 4.78 is 13.5. The fraction of sp³-hybridized carbons (Fsp3) is 0.346. The summed E-state index contributed by atoms with van der Waals surface area (Å²) >= 11 is 0. The van der Waals surface area contributed by atoms with Crippen LogP contribution in [-0.4, -0.2) is 19.6 Å². The van der Waals surface area contributed by atoms with Crippen LogP contribution in [0.25, 0.3) is 10.8 Å². The molecule has 3 aromatic rings. The fourth-order valence-corrected chi connectivity index (χ4v) is 4.87. The molecule has 0 spiro atoms. The third kappa shape index (κ3) is 3.96. The summed E-state index contributed by atoms with van der Waals surface area (Å²) in [5, 5.41) is 19.1. The molecule has 0 bridgehead atoms. The van der Waals surface area contributed by atoms with E-state index in [1.165, 1.54) is 16.5 Å². The van der Waals surface area contributed by atoms with Crippen molar-refractivity contribution in [3.8, 4) is 6.07 Å². The average Bonchev–Trinajstić information content (AvgIpc) is 2.79. The van der Waals surface area contributed by atoms with Crippen LogP contribution in [0.5, 0.6) is 0 Å². The maximum atomic E-state index is 13.5. The summed E-state index contributed by atoms with van der Waals surface area (Å²) in [6.07, 6.45) is 2.87. The van der Waals surface area contributed by atoms with Crippen molar-refractivity contribution in [2.75, 3.05) is 19.6 Å². The van der Waals surface area contributed by atoms with Crippen LogP contribution in [0.2, 0.25) is 0 Å². The molecule has 0 aromatic heterocycles. The van der Waals surface area contributed by atoms with Crippen LogP contribution in [-0.2, 0) is 18.4 Å². The molecule has 0 saturated carbocycles. The Hall–Kier alpha value is -2.74. The smallest absolute Gasteiger partial charge is 0.123 e. The second-order valence-corrected chi connectivity index (χ2v) is 8.21. The van der Waals surface area contributed by atoms with Crippen LogP contribution < -0.4 is 10.6 Å². The molecule has 2 N–H and O–H groups in total. The Labute approximate surface area is 177 Å². The Kier molecular flexibility index (Phi) is 6.13. The van der Waals surface area contributed by atoms with Crippen molar-refractivity contribution >= 4 is 10.8 Å². The molecule has 154 valence electrons. The van der Waals surface area contributed by atoms with E-state index in [9.17, 15) is 9.65 Å². The van der Waals surface area contributed by atoms with Crippen molar-refractivity contribution in [2.24, 2.45) is 0 Å². The number of rotatable bonds is 6. The van der Waals surface area contributed by atoms with Crippen LogP contribution in [0.4, 0.5) is 4.39 Å². The number of piperidine rings is 1. The van der Waals surface area contributed by atoms with E-state index in [0.717, 1.165) is 62.0 Å². The molecule has 1 fully saturated rings. The topological polar surface area (TPSA) is 47.9 Å². The molecule has 0 atom stereocenters. The summed E-state index contributed by atoms with van der Waals surface area (Å²) in [5.74, 6) is -0.192. The zero-order chi connectivity index (χ0) is 21.0. The van der Waals surface area contributed by atoms with E-state index >= 15 is 0 Å². The van der Waals surface area contributed by atoms with E-state index in [4.69, 9.17) is 0 Å². The Morgan fingerprint density at radius 2 is 1.80 bits per heavy atom. The number of nitrogens with one attached hydrogen (secondary N) is 2. The lowest BCUT2D eigenvalue weighted by atomic mass is 9.73. The Morgan fingerprint density at radius 1 is 1.07 bits per heavy atom. The third-order valence-corrected chi connectivity index (χ3v) is 6.53. The highest BCUT2D eigenvalue weighted by atomic mass is 19.1. The highest BCUT2D eigenvalue weighted by Gasteiger charge is 2.33. The van der Waals surface area contributed by atoms with Crippen LogP contribution in [0, 0.1) is 17.1 Å². The normalized spacial score (nSPS) is 15.8. The number of hydrogen-bond acceptors (Lipinski definition) is 3. The SMILES string of the molecule is CCc1c(C#N)cc2ccccc2c1CNCC1(c2ccc(F)cc2)CCNCC1. The zero-order valence-electron chi connectivity index (χ0n) is 17.5. The molecule has 4 heteroatoms. The molecule has 3 nitrogen and oxygen atoms in total. The molecular weight excluding hydrogens is 373 g/mol. The first kappa shape index (κ1) is 20.5. The molecule has 1 aliphatic rings. The molecule has 0 unspecified atom stereocenters. The van der Waals surface area contributed by atoms with Gasteiger partial charge in [0.2, 0.25) is 0 Å². The summed E-state index contributed by atoms with van der Waals surface area (Å²) in [6.45, 7) is 5.59. The van der Waals surface area contributed by atoms with E-state index in [1.807, 2.05) is 24.3 Å². The van der Waals surface area contributed by atoms with Crippen molar-refractivity contribution in [1.29, 1.82) is 5.26 Å². The number of nitrogens with zero attached hydrogens (tertiary/aromatic N) is 1. The maximum absolute atomic E-state index is 13.5. The number of halogens is 1. The van der Waals surface area contributed by atoms with Gasteiger partial charge in [-0.05, 0) is 78.0 Å². The number of hydrogen-bond donors (Lipinski definition) is 2. The van der Waals surface area contributed by atoms with Crippen LogP contribution >= 0.6 is 0 Å². The molecule has 4 rings (SSSR count). The summed E-state index contributed by atoms with van der Waals surface area (Å²) in [5.41, 5.74) is 4.31. The minimum atomic E-state index is -0.192. The summed E-state index contributed by atoms with van der Waals surface area (Å²) in [6, 6.07) is 19.7. The lowest BCUT2D eigenvalue weighted by Gasteiger charge is -2.38. The molecule has 3 aromatic carbocycles. The van der Waals surface area contributed by atoms with Gasteiger partial charge in [-0.15, -0.1) is 0 Å². The van der Waals surface area contributed by atoms with Crippen molar-refractivity contribution in [3.63, 3.8) is 0 Å². The monoisotopic (exact) mass is 401 g/mol. The summed E-state index contributed by atoms with van der Waals surface area (Å²) in [4.78, 5) is 0. The first-order valence-electron chi connectivity index (χ1n) is 10.8. The molecule has 0 amide bonds. The standard InChI is InChI=1S/C26H28FN3/c1-2-23-20(16-28)15-19-5-3-4-6-24(19)25(23)17-30-18-26(11-13-29-14-12-26)21-7-9-22(27)10-8-21/h3-10,15,29-30H,2,11-14,17-18H2,1H3. The first-order valence-corrected chi connectivity index (χ1v) is 10.8. The van der Waals surface area contributed by atoms with Gasteiger partial charge in [-0.1, -0.05) is 43.3 Å². The van der Waals surface area contributed by atoms with Gasteiger partial charge in [-0.2, -0.15) is 5.26 Å². The molecule has 30 heavy (non-hydrogen) atoms. The van der Waals surface area contributed by atoms with Crippen LogP contribution in [0.15, 0.2) is 54.6 Å². The molecule has 1 heterocycles. The van der Waals surface area contributed by atoms with Gasteiger partial charge in [-0.25, -0.2) is 4.39 Å². The van der Waals surface area contributed by atoms with Gasteiger partial charge >= 0.3 is 0 Å². The van der Waals surface area contributed by atoms with Crippen molar-refractivity contribution < 1.29 is 4.39 Å². The molecular formula is C26H28FN3. The maximum Gasteiger partial charge on any atom is 0.123 e. The van der Waals surface area contributed by atoms with E-state index in [-0.39, 0.29) is 11.2 Å². The van der Waals surface area contributed by atoms with Gasteiger partial charge in [0.1, 0.15) is 5.82 Å². The van der Waals surface area contributed by atoms with Gasteiger partial charge < -0.3 is 10.6 Å². The number of nitriles is 1. The Morgan fingerprint density at radius 3 is 2.50 bits per heavy atom. The Bertz CT molecular complexity index is 1060. The lowest BCUT2D eigenvalue weighted by molar-refractivity contribution is 0.292. The van der Waals surface area contributed by atoms with E-state index in [0.29, 0.717) is 0 Å². The predicted molar refractivity (Wildman–Crippen MR) is 120 cm³/mol. The minimum absolute atomic E-state index is 0.00598. The highest BCUT2D eigenvalue weighted by Crippen LogP contribution is 2.34. The zero-order valence-corrected chi connectivity index (χ0v) is 17.5. The molecule has 0 radical (unpaired) electrons. The Balaban J connectivity index is 1.63. The predicted octanol–water partition coefficient (Wildman–Crippen LogP) is 4.82.